The fraction of sp³-hybridized carbons (Fsp3) is 0.381. The van der Waals surface area contributed by atoms with Gasteiger partial charge in [0.05, 0.1) is 12.2 Å². The molecule has 0 amide bonds. The fourth-order valence-corrected chi connectivity index (χ4v) is 3.43. The molecule has 1 N–H and O–H groups in total. The van der Waals surface area contributed by atoms with Crippen molar-refractivity contribution in [2.75, 3.05) is 24.6 Å². The lowest BCUT2D eigenvalue weighted by molar-refractivity contribution is 0.0526. The molecular formula is C21H27BN2O2. The minimum absolute atomic E-state index is 0.252. The molecule has 1 saturated heterocycles. The molecule has 2 aromatic rings. The van der Waals surface area contributed by atoms with Gasteiger partial charge in [0.15, 0.2) is 0 Å². The maximum absolute atomic E-state index is 11.7. The van der Waals surface area contributed by atoms with Crippen LogP contribution in [0.5, 0.6) is 0 Å². The van der Waals surface area contributed by atoms with Crippen molar-refractivity contribution in [3.05, 3.63) is 59.7 Å². The number of esters is 1. The van der Waals surface area contributed by atoms with Gasteiger partial charge in [-0.2, -0.15) is 0 Å². The van der Waals surface area contributed by atoms with Crippen LogP contribution >= 0.6 is 0 Å². The molecule has 2 aromatic carbocycles. The lowest BCUT2D eigenvalue weighted by atomic mass is 9.90. The van der Waals surface area contributed by atoms with Gasteiger partial charge in [-0.25, -0.2) is 4.79 Å². The average molecular weight is 350 g/mol. The molecule has 1 aliphatic heterocycles. The van der Waals surface area contributed by atoms with E-state index in [4.69, 9.17) is 4.74 Å². The molecule has 0 aliphatic carbocycles. The van der Waals surface area contributed by atoms with Crippen LogP contribution in [-0.2, 0) is 11.3 Å². The summed E-state index contributed by atoms with van der Waals surface area (Å²) in [5.74, 6) is -0.252. The molecule has 1 aliphatic rings. The molecule has 26 heavy (non-hydrogen) atoms. The molecule has 136 valence electrons. The number of nitrogens with one attached hydrogen (secondary N) is 1. The van der Waals surface area contributed by atoms with Gasteiger partial charge in [-0.15, -0.1) is 0 Å². The molecule has 0 bridgehead atoms. The smallest absolute Gasteiger partial charge is 0.338 e. The maximum atomic E-state index is 11.7. The Morgan fingerprint density at radius 1 is 1.15 bits per heavy atom. The second kappa shape index (κ2) is 8.90. The molecule has 0 atom stereocenters. The summed E-state index contributed by atoms with van der Waals surface area (Å²) in [5, 5.41) is 3.70. The highest BCUT2D eigenvalue weighted by atomic mass is 16.5. The molecule has 5 heteroatoms. The molecule has 0 aromatic heterocycles. The highest BCUT2D eigenvalue weighted by Gasteiger charge is 2.19. The summed E-state index contributed by atoms with van der Waals surface area (Å²) in [6.07, 6.45) is 2.26. The van der Waals surface area contributed by atoms with Crippen LogP contribution in [0.4, 0.5) is 5.69 Å². The van der Waals surface area contributed by atoms with Crippen molar-refractivity contribution < 1.29 is 9.53 Å². The zero-order valence-electron chi connectivity index (χ0n) is 15.7. The highest BCUT2D eigenvalue weighted by Crippen LogP contribution is 2.21. The van der Waals surface area contributed by atoms with Crippen LogP contribution in [0, 0.1) is 0 Å². The second-order valence-corrected chi connectivity index (χ2v) is 6.84. The first kappa shape index (κ1) is 18.5. The Morgan fingerprint density at radius 3 is 2.50 bits per heavy atom. The van der Waals surface area contributed by atoms with Gasteiger partial charge in [0.25, 0.3) is 0 Å². The first-order chi connectivity index (χ1) is 12.7. The van der Waals surface area contributed by atoms with Crippen molar-refractivity contribution in [1.82, 2.24) is 5.32 Å². The van der Waals surface area contributed by atoms with Crippen LogP contribution in [0.3, 0.4) is 0 Å². The summed E-state index contributed by atoms with van der Waals surface area (Å²) in [5.41, 5.74) is 4.52. The van der Waals surface area contributed by atoms with E-state index in [0.29, 0.717) is 18.2 Å². The van der Waals surface area contributed by atoms with Gasteiger partial charge >= 0.3 is 5.97 Å². The Hall–Kier alpha value is -2.27. The summed E-state index contributed by atoms with van der Waals surface area (Å²) >= 11 is 0. The Balaban J connectivity index is 1.49. The van der Waals surface area contributed by atoms with Gasteiger partial charge < -0.3 is 15.0 Å². The van der Waals surface area contributed by atoms with Crippen molar-refractivity contribution in [3.8, 4) is 0 Å². The van der Waals surface area contributed by atoms with Crippen LogP contribution in [0.25, 0.3) is 0 Å². The van der Waals surface area contributed by atoms with Crippen molar-refractivity contribution in [2.45, 2.75) is 32.4 Å². The summed E-state index contributed by atoms with van der Waals surface area (Å²) < 4.78 is 5.04. The Kier molecular flexibility index (Phi) is 6.34. The number of carbonyl (C=O) groups is 1. The highest BCUT2D eigenvalue weighted by molar-refractivity contribution is 6.33. The second-order valence-electron chi connectivity index (χ2n) is 6.84. The molecule has 0 saturated carbocycles. The number of piperidine rings is 1. The van der Waals surface area contributed by atoms with Crippen molar-refractivity contribution in [1.29, 1.82) is 0 Å². The number of hydrogen-bond donors (Lipinski definition) is 1. The first-order valence-electron chi connectivity index (χ1n) is 9.47. The van der Waals surface area contributed by atoms with Gasteiger partial charge in [-0.1, -0.05) is 29.7 Å². The lowest BCUT2D eigenvalue weighted by Gasteiger charge is -2.34. The molecule has 0 spiro atoms. The normalized spacial score (nSPS) is 15.0. The summed E-state index contributed by atoms with van der Waals surface area (Å²) in [6.45, 7) is 5.23. The maximum Gasteiger partial charge on any atom is 0.338 e. The topological polar surface area (TPSA) is 41.6 Å². The molecule has 0 unspecified atom stereocenters. The molecule has 0 radical (unpaired) electrons. The number of ether oxygens (including phenoxy) is 1. The molecule has 4 nitrogen and oxygen atoms in total. The fourth-order valence-electron chi connectivity index (χ4n) is 3.43. The number of carbonyl (C=O) groups excluding carboxylic acids is 1. The van der Waals surface area contributed by atoms with Crippen molar-refractivity contribution in [3.63, 3.8) is 0 Å². The predicted molar refractivity (Wildman–Crippen MR) is 109 cm³/mol. The molecule has 3 rings (SSSR count). The van der Waals surface area contributed by atoms with E-state index in [1.54, 1.807) is 0 Å². The summed E-state index contributed by atoms with van der Waals surface area (Å²) in [6, 6.07) is 16.9. The van der Waals surface area contributed by atoms with E-state index in [-0.39, 0.29) is 5.97 Å². The molecule has 1 heterocycles. The third kappa shape index (κ3) is 4.67. The third-order valence-corrected chi connectivity index (χ3v) is 5.08. The number of hydrogen-bond acceptors (Lipinski definition) is 4. The van der Waals surface area contributed by atoms with E-state index >= 15 is 0 Å². The predicted octanol–water partition coefficient (Wildman–Crippen LogP) is 1.88. The number of benzene rings is 2. The van der Waals surface area contributed by atoms with Gasteiger partial charge in [-0.3, -0.25) is 0 Å². The molecular weight excluding hydrogens is 323 g/mol. The van der Waals surface area contributed by atoms with Crippen LogP contribution in [0.1, 0.15) is 35.7 Å². The Labute approximate surface area is 157 Å². The van der Waals surface area contributed by atoms with Crippen LogP contribution in [-0.4, -0.2) is 39.6 Å². The van der Waals surface area contributed by atoms with Crippen molar-refractivity contribution in [2.24, 2.45) is 0 Å². The monoisotopic (exact) mass is 350 g/mol. The zero-order valence-corrected chi connectivity index (χ0v) is 15.7. The van der Waals surface area contributed by atoms with E-state index in [2.05, 4.69) is 42.3 Å². The lowest BCUT2D eigenvalue weighted by Crippen LogP contribution is -2.42. The van der Waals surface area contributed by atoms with Crippen LogP contribution < -0.4 is 15.7 Å². The summed E-state index contributed by atoms with van der Waals surface area (Å²) in [4.78, 5) is 14.1. The SMILES string of the molecule is Bc1ccccc1CNC1CCN(c2ccc(C(=O)OCC)cc2)CC1. The van der Waals surface area contributed by atoms with E-state index < -0.39 is 0 Å². The van der Waals surface area contributed by atoms with E-state index in [1.807, 2.05) is 31.2 Å². The van der Waals surface area contributed by atoms with Gasteiger partial charge in [0.2, 0.25) is 0 Å². The van der Waals surface area contributed by atoms with E-state index in [9.17, 15) is 4.79 Å². The Morgan fingerprint density at radius 2 is 1.85 bits per heavy atom. The quantitative estimate of drug-likeness (QED) is 0.638. The number of anilines is 1. The van der Waals surface area contributed by atoms with Gasteiger partial charge in [0, 0.05) is 31.4 Å². The van der Waals surface area contributed by atoms with Crippen molar-refractivity contribution >= 4 is 25.0 Å². The van der Waals surface area contributed by atoms with Gasteiger partial charge in [-0.05, 0) is 49.6 Å². The minimum atomic E-state index is -0.252. The summed E-state index contributed by atoms with van der Waals surface area (Å²) in [7, 11) is 2.17. The first-order valence-corrected chi connectivity index (χ1v) is 9.47. The van der Waals surface area contributed by atoms with Crippen LogP contribution in [0.15, 0.2) is 48.5 Å². The van der Waals surface area contributed by atoms with Crippen LogP contribution in [0.2, 0.25) is 0 Å². The Bertz CT molecular complexity index is 725. The van der Waals surface area contributed by atoms with Gasteiger partial charge in [0.1, 0.15) is 7.85 Å². The number of nitrogens with zero attached hydrogens (tertiary/aromatic N) is 1. The standard InChI is InChI=1S/C21H27BN2O2/c1-2-26-21(25)16-7-9-19(10-8-16)24-13-11-18(12-14-24)23-15-17-5-3-4-6-20(17)22/h3-10,18,23H,2,11-15,22H2,1H3. The van der Waals surface area contributed by atoms with E-state index in [1.165, 1.54) is 16.7 Å². The average Bonchev–Trinajstić information content (AvgIpc) is 2.68. The minimum Gasteiger partial charge on any atom is -0.462 e. The van der Waals surface area contributed by atoms with E-state index in [0.717, 1.165) is 32.5 Å². The third-order valence-electron chi connectivity index (χ3n) is 5.08. The number of rotatable bonds is 6. The zero-order chi connectivity index (χ0) is 18.4. The molecule has 1 fully saturated rings. The largest absolute Gasteiger partial charge is 0.462 e.